The maximum atomic E-state index is 3.98. The molecule has 17 heavy (non-hydrogen) atoms. The molecular weight excluding hydrogens is 214 g/mol. The van der Waals surface area contributed by atoms with E-state index in [2.05, 4.69) is 45.1 Å². The van der Waals surface area contributed by atoms with E-state index in [1.807, 2.05) is 4.68 Å². The quantitative estimate of drug-likeness (QED) is 0.737. The zero-order valence-electron chi connectivity index (χ0n) is 9.22. The molecule has 4 rings (SSSR count). The van der Waals surface area contributed by atoms with Crippen molar-refractivity contribution >= 4 is 11.6 Å². The van der Waals surface area contributed by atoms with Crippen LogP contribution in [0, 0.1) is 0 Å². The van der Waals surface area contributed by atoms with Crippen molar-refractivity contribution in [3.05, 3.63) is 41.0 Å². The van der Waals surface area contributed by atoms with Gasteiger partial charge >= 0.3 is 0 Å². The van der Waals surface area contributed by atoms with Crippen LogP contribution in [-0.2, 0) is 13.0 Å². The smallest absolute Gasteiger partial charge is 0.247 e. The van der Waals surface area contributed by atoms with E-state index >= 15 is 0 Å². The Bertz CT molecular complexity index is 625. The zero-order chi connectivity index (χ0) is 11.2. The molecule has 0 fully saturated rings. The molecule has 84 valence electrons. The molecule has 0 bridgehead atoms. The molecule has 2 heterocycles. The Labute approximate surface area is 98.1 Å². The highest BCUT2D eigenvalue weighted by atomic mass is 15.6. The predicted molar refractivity (Wildman–Crippen MR) is 63.1 cm³/mol. The summed E-state index contributed by atoms with van der Waals surface area (Å²) in [6.07, 6.45) is 2.19. The number of nitrogens with one attached hydrogen (secondary N) is 1. The van der Waals surface area contributed by atoms with Crippen LogP contribution in [0.2, 0.25) is 0 Å². The van der Waals surface area contributed by atoms with Gasteiger partial charge in [0.1, 0.15) is 0 Å². The van der Waals surface area contributed by atoms with Crippen molar-refractivity contribution in [1.29, 1.82) is 0 Å². The van der Waals surface area contributed by atoms with Gasteiger partial charge in [0.15, 0.2) is 0 Å². The molecule has 5 nitrogen and oxygen atoms in total. The van der Waals surface area contributed by atoms with Gasteiger partial charge in [-0.3, -0.25) is 0 Å². The van der Waals surface area contributed by atoms with Crippen molar-refractivity contribution < 1.29 is 0 Å². The monoisotopic (exact) mass is 225 g/mol. The van der Waals surface area contributed by atoms with Crippen molar-refractivity contribution in [2.24, 2.45) is 0 Å². The lowest BCUT2D eigenvalue weighted by molar-refractivity contribution is 0.619. The van der Waals surface area contributed by atoms with Crippen LogP contribution in [0.5, 0.6) is 0 Å². The summed E-state index contributed by atoms with van der Waals surface area (Å²) in [7, 11) is 0. The first kappa shape index (κ1) is 8.92. The Balaban J connectivity index is 1.87. The number of tetrazole rings is 1. The Morgan fingerprint density at radius 3 is 3.12 bits per heavy atom. The van der Waals surface area contributed by atoms with Gasteiger partial charge in [0.25, 0.3) is 0 Å². The van der Waals surface area contributed by atoms with E-state index in [0.29, 0.717) is 0 Å². The summed E-state index contributed by atoms with van der Waals surface area (Å²) in [6, 6.07) is 8.53. The van der Waals surface area contributed by atoms with E-state index in [4.69, 9.17) is 0 Å². The molecule has 0 unspecified atom stereocenters. The number of benzene rings is 1. The molecule has 0 spiro atoms. The molecule has 5 heteroatoms. The van der Waals surface area contributed by atoms with Crippen LogP contribution in [0.4, 0.5) is 5.95 Å². The molecular formula is C12H11N5. The van der Waals surface area contributed by atoms with Gasteiger partial charge in [0, 0.05) is 11.3 Å². The minimum atomic E-state index is 0.737. The van der Waals surface area contributed by atoms with E-state index in [1.165, 1.54) is 22.4 Å². The van der Waals surface area contributed by atoms with Gasteiger partial charge in [-0.1, -0.05) is 29.4 Å². The van der Waals surface area contributed by atoms with Crippen molar-refractivity contribution in [3.8, 4) is 0 Å². The number of hydrogen-bond donors (Lipinski definition) is 1. The summed E-state index contributed by atoms with van der Waals surface area (Å²) in [5.74, 6) is 0.737. The fourth-order valence-electron chi connectivity index (χ4n) is 2.59. The zero-order valence-corrected chi connectivity index (χ0v) is 9.22. The van der Waals surface area contributed by atoms with Crippen LogP contribution in [-0.4, -0.2) is 20.2 Å². The average molecular weight is 225 g/mol. The molecule has 1 aliphatic carbocycles. The van der Waals surface area contributed by atoms with Gasteiger partial charge in [0.05, 0.1) is 6.54 Å². The van der Waals surface area contributed by atoms with Crippen LogP contribution >= 0.6 is 0 Å². The van der Waals surface area contributed by atoms with Gasteiger partial charge in [-0.25, -0.2) is 4.68 Å². The lowest BCUT2D eigenvalue weighted by atomic mass is 9.88. The van der Waals surface area contributed by atoms with Crippen LogP contribution in [0.1, 0.15) is 17.5 Å². The number of allylic oxidation sites excluding steroid dienone is 1. The van der Waals surface area contributed by atoms with Crippen LogP contribution in [0.25, 0.3) is 5.70 Å². The van der Waals surface area contributed by atoms with E-state index in [0.717, 1.165) is 25.3 Å². The number of hydrogen-bond acceptors (Lipinski definition) is 4. The van der Waals surface area contributed by atoms with Gasteiger partial charge in [0.2, 0.25) is 5.95 Å². The first-order chi connectivity index (χ1) is 8.42. The fourth-order valence-corrected chi connectivity index (χ4v) is 2.59. The Kier molecular flexibility index (Phi) is 1.66. The third-order valence-corrected chi connectivity index (χ3v) is 3.45. The van der Waals surface area contributed by atoms with Gasteiger partial charge in [-0.2, -0.15) is 0 Å². The molecule has 2 aliphatic rings. The number of fused-ring (bicyclic) bond motifs is 3. The second-order valence-electron chi connectivity index (χ2n) is 4.42. The number of anilines is 1. The minimum Gasteiger partial charge on any atom is -0.322 e. The minimum absolute atomic E-state index is 0.737. The Hall–Kier alpha value is -2.17. The molecule has 2 aromatic rings. The largest absolute Gasteiger partial charge is 0.322 e. The molecule has 0 amide bonds. The topological polar surface area (TPSA) is 55.6 Å². The molecule has 1 aromatic heterocycles. The lowest BCUT2D eigenvalue weighted by Crippen LogP contribution is -2.22. The maximum Gasteiger partial charge on any atom is 0.247 e. The summed E-state index contributed by atoms with van der Waals surface area (Å²) in [4.78, 5) is 0. The molecule has 0 radical (unpaired) electrons. The van der Waals surface area contributed by atoms with Crippen molar-refractivity contribution in [2.75, 3.05) is 5.32 Å². The maximum absolute atomic E-state index is 3.98. The van der Waals surface area contributed by atoms with E-state index in [-0.39, 0.29) is 0 Å². The summed E-state index contributed by atoms with van der Waals surface area (Å²) in [5.41, 5.74) is 5.29. The summed E-state index contributed by atoms with van der Waals surface area (Å²) >= 11 is 0. The molecule has 0 saturated heterocycles. The Morgan fingerprint density at radius 1 is 1.18 bits per heavy atom. The number of rotatable bonds is 0. The van der Waals surface area contributed by atoms with E-state index < -0.39 is 0 Å². The van der Waals surface area contributed by atoms with Gasteiger partial charge in [-0.15, -0.1) is 0 Å². The molecule has 0 atom stereocenters. The molecule has 1 N–H and O–H groups in total. The van der Waals surface area contributed by atoms with E-state index in [9.17, 15) is 0 Å². The van der Waals surface area contributed by atoms with Crippen LogP contribution in [0.15, 0.2) is 29.8 Å². The highest BCUT2D eigenvalue weighted by Gasteiger charge is 2.25. The van der Waals surface area contributed by atoms with E-state index in [1.54, 1.807) is 0 Å². The molecule has 1 aliphatic heterocycles. The summed E-state index contributed by atoms with van der Waals surface area (Å²) in [6.45, 7) is 0.805. The van der Waals surface area contributed by atoms with Crippen LogP contribution < -0.4 is 5.32 Å². The molecule has 0 saturated carbocycles. The third-order valence-electron chi connectivity index (χ3n) is 3.45. The standard InChI is InChI=1S/C12H11N5/c1-2-4-10-8(3-1)5-6-9-7-17-12(13-11(9)10)14-15-16-17/h1-4H,5-7H2,(H,13,14,16). The first-order valence-corrected chi connectivity index (χ1v) is 5.75. The van der Waals surface area contributed by atoms with Gasteiger partial charge in [-0.05, 0) is 34.4 Å². The number of aryl methyl sites for hydroxylation is 1. The summed E-state index contributed by atoms with van der Waals surface area (Å²) < 4.78 is 1.81. The SMILES string of the molecule is c1ccc2c(c1)CCC1=C2Nc2nnnn2C1. The normalized spacial score (nSPS) is 16.9. The highest BCUT2D eigenvalue weighted by Crippen LogP contribution is 2.34. The van der Waals surface area contributed by atoms with Crippen molar-refractivity contribution in [2.45, 2.75) is 19.4 Å². The average Bonchev–Trinajstić information content (AvgIpc) is 2.83. The van der Waals surface area contributed by atoms with Crippen molar-refractivity contribution in [3.63, 3.8) is 0 Å². The number of aromatic nitrogens is 4. The Morgan fingerprint density at radius 2 is 2.12 bits per heavy atom. The second kappa shape index (κ2) is 3.16. The fraction of sp³-hybridized carbons (Fsp3) is 0.250. The second-order valence-corrected chi connectivity index (χ2v) is 4.42. The predicted octanol–water partition coefficient (Wildman–Crippen LogP) is 1.46. The highest BCUT2D eigenvalue weighted by molar-refractivity contribution is 5.81. The first-order valence-electron chi connectivity index (χ1n) is 5.75. The van der Waals surface area contributed by atoms with Gasteiger partial charge < -0.3 is 5.32 Å². The molecule has 1 aromatic carbocycles. The van der Waals surface area contributed by atoms with Crippen molar-refractivity contribution in [1.82, 2.24) is 20.2 Å². The van der Waals surface area contributed by atoms with Crippen LogP contribution in [0.3, 0.4) is 0 Å². The lowest BCUT2D eigenvalue weighted by Gasteiger charge is -2.27. The third kappa shape index (κ3) is 1.22. The number of nitrogens with zero attached hydrogens (tertiary/aromatic N) is 4. The summed E-state index contributed by atoms with van der Waals surface area (Å²) in [5, 5.41) is 15.0.